The molecular formula is C66H49NO. The Kier molecular flexibility index (Phi) is 8.95. The molecule has 68 heavy (non-hydrogen) atoms. The molecule has 324 valence electrons. The van der Waals surface area contributed by atoms with Crippen molar-refractivity contribution in [2.24, 2.45) is 0 Å². The predicted octanol–water partition coefficient (Wildman–Crippen LogP) is 18.3. The zero-order valence-corrected chi connectivity index (χ0v) is 38.7. The van der Waals surface area contributed by atoms with Gasteiger partial charge >= 0.3 is 0 Å². The van der Waals surface area contributed by atoms with E-state index in [1.54, 1.807) is 0 Å². The average molecular weight is 872 g/mol. The van der Waals surface area contributed by atoms with Gasteiger partial charge < -0.3 is 9.32 Å². The van der Waals surface area contributed by atoms with Crippen molar-refractivity contribution in [1.82, 2.24) is 0 Å². The smallest absolute Gasteiger partial charge is 0.143 e. The van der Waals surface area contributed by atoms with E-state index in [0.717, 1.165) is 50.0 Å². The third-order valence-corrected chi connectivity index (χ3v) is 15.1. The topological polar surface area (TPSA) is 16.4 Å². The maximum absolute atomic E-state index is 6.51. The summed E-state index contributed by atoms with van der Waals surface area (Å²) in [6.45, 7) is 9.64. The fourth-order valence-corrected chi connectivity index (χ4v) is 11.6. The first kappa shape index (κ1) is 40.1. The van der Waals surface area contributed by atoms with Crippen LogP contribution in [0.1, 0.15) is 49.9 Å². The van der Waals surface area contributed by atoms with E-state index in [1.807, 2.05) is 6.07 Å². The van der Waals surface area contributed by atoms with E-state index in [0.29, 0.717) is 0 Å². The lowest BCUT2D eigenvalue weighted by Crippen LogP contribution is -2.21. The molecule has 13 rings (SSSR count). The number of hydrogen-bond donors (Lipinski definition) is 0. The first-order valence-electron chi connectivity index (χ1n) is 23.8. The normalized spacial score (nSPS) is 13.8. The van der Waals surface area contributed by atoms with Crippen LogP contribution in [-0.2, 0) is 10.8 Å². The molecule has 0 aliphatic heterocycles. The van der Waals surface area contributed by atoms with Gasteiger partial charge in [0.15, 0.2) is 0 Å². The lowest BCUT2D eigenvalue weighted by Gasteiger charge is -2.33. The van der Waals surface area contributed by atoms with Crippen LogP contribution in [0.3, 0.4) is 0 Å². The zero-order valence-electron chi connectivity index (χ0n) is 38.7. The summed E-state index contributed by atoms with van der Waals surface area (Å²) in [5.41, 5.74) is 24.9. The Bertz CT molecular complexity index is 3660. The van der Waals surface area contributed by atoms with Crippen LogP contribution in [0.2, 0.25) is 0 Å². The van der Waals surface area contributed by atoms with Crippen molar-refractivity contribution >= 4 is 39.0 Å². The number of anilines is 3. The summed E-state index contributed by atoms with van der Waals surface area (Å²) < 4.78 is 6.51. The maximum atomic E-state index is 6.51. The SMILES string of the molecule is CC1(C)c2ccccc2-c2cc3c(cc21)-c1cc(-c2ccc(-c4cccc5c4oc4ccccc45)cc2)cc(N(c2ccc(-c4ccccc4)cc2)c2ccc(-c4ccccc4)cc2)c1C3(C)C. The van der Waals surface area contributed by atoms with E-state index < -0.39 is 0 Å². The van der Waals surface area contributed by atoms with Gasteiger partial charge in [0, 0.05) is 38.5 Å². The molecule has 0 radical (unpaired) electrons. The Labute approximate surface area is 398 Å². The first-order chi connectivity index (χ1) is 33.2. The van der Waals surface area contributed by atoms with Crippen molar-refractivity contribution in [3.63, 3.8) is 0 Å². The average Bonchev–Trinajstić information content (AvgIpc) is 3.96. The molecule has 2 heteroatoms. The van der Waals surface area contributed by atoms with Crippen molar-refractivity contribution < 1.29 is 4.42 Å². The van der Waals surface area contributed by atoms with Gasteiger partial charge in [0.2, 0.25) is 0 Å². The molecule has 0 saturated heterocycles. The van der Waals surface area contributed by atoms with E-state index in [-0.39, 0.29) is 10.8 Å². The van der Waals surface area contributed by atoms with E-state index >= 15 is 0 Å². The second-order valence-corrected chi connectivity index (χ2v) is 19.7. The highest BCUT2D eigenvalue weighted by atomic mass is 16.3. The molecule has 0 saturated carbocycles. The van der Waals surface area contributed by atoms with E-state index in [2.05, 4.69) is 251 Å². The van der Waals surface area contributed by atoms with E-state index in [4.69, 9.17) is 4.42 Å². The summed E-state index contributed by atoms with van der Waals surface area (Å²) in [5.74, 6) is 0. The van der Waals surface area contributed by atoms with Crippen molar-refractivity contribution in [2.45, 2.75) is 38.5 Å². The van der Waals surface area contributed by atoms with Crippen molar-refractivity contribution in [2.75, 3.05) is 4.90 Å². The molecule has 10 aromatic carbocycles. The van der Waals surface area contributed by atoms with Gasteiger partial charge in [0.05, 0.1) is 5.69 Å². The Hall–Kier alpha value is -8.20. The summed E-state index contributed by atoms with van der Waals surface area (Å²) in [5, 5.41) is 2.28. The minimum Gasteiger partial charge on any atom is -0.455 e. The molecule has 0 amide bonds. The van der Waals surface area contributed by atoms with Crippen molar-refractivity contribution in [3.8, 4) is 66.8 Å². The summed E-state index contributed by atoms with van der Waals surface area (Å²) in [6.07, 6.45) is 0. The fraction of sp³-hybridized carbons (Fsp3) is 0.0909. The summed E-state index contributed by atoms with van der Waals surface area (Å²) >= 11 is 0. The van der Waals surface area contributed by atoms with Crippen LogP contribution in [0, 0.1) is 0 Å². The fourth-order valence-electron chi connectivity index (χ4n) is 11.6. The van der Waals surface area contributed by atoms with Crippen LogP contribution in [-0.4, -0.2) is 0 Å². The summed E-state index contributed by atoms with van der Waals surface area (Å²) in [7, 11) is 0. The quantitative estimate of drug-likeness (QED) is 0.159. The largest absolute Gasteiger partial charge is 0.455 e. The van der Waals surface area contributed by atoms with Gasteiger partial charge in [-0.3, -0.25) is 0 Å². The second-order valence-electron chi connectivity index (χ2n) is 19.7. The molecule has 0 atom stereocenters. The Morgan fingerprint density at radius 3 is 1.47 bits per heavy atom. The highest BCUT2D eigenvalue weighted by molar-refractivity contribution is 6.09. The molecule has 0 spiro atoms. The first-order valence-corrected chi connectivity index (χ1v) is 23.8. The van der Waals surface area contributed by atoms with Gasteiger partial charge in [-0.15, -0.1) is 0 Å². The monoisotopic (exact) mass is 871 g/mol. The third-order valence-electron chi connectivity index (χ3n) is 15.1. The van der Waals surface area contributed by atoms with E-state index in [9.17, 15) is 0 Å². The van der Waals surface area contributed by atoms with Crippen LogP contribution in [0.5, 0.6) is 0 Å². The highest BCUT2D eigenvalue weighted by Gasteiger charge is 2.43. The Morgan fingerprint density at radius 1 is 0.324 bits per heavy atom. The van der Waals surface area contributed by atoms with Gasteiger partial charge in [0.25, 0.3) is 0 Å². The van der Waals surface area contributed by atoms with Crippen LogP contribution < -0.4 is 4.90 Å². The predicted molar refractivity (Wildman–Crippen MR) is 285 cm³/mol. The van der Waals surface area contributed by atoms with Gasteiger partial charge in [-0.1, -0.05) is 198 Å². The van der Waals surface area contributed by atoms with Crippen LogP contribution in [0.4, 0.5) is 17.1 Å². The van der Waals surface area contributed by atoms with Crippen molar-refractivity contribution in [1.29, 1.82) is 0 Å². The molecule has 1 aromatic heterocycles. The molecule has 0 N–H and O–H groups in total. The number of para-hydroxylation sites is 2. The lowest BCUT2D eigenvalue weighted by atomic mass is 9.78. The summed E-state index contributed by atoms with van der Waals surface area (Å²) in [4.78, 5) is 2.50. The second kappa shape index (κ2) is 15.2. The highest BCUT2D eigenvalue weighted by Crippen LogP contribution is 2.59. The minimum absolute atomic E-state index is 0.125. The number of nitrogens with zero attached hydrogens (tertiary/aromatic N) is 1. The number of rotatable bonds is 7. The van der Waals surface area contributed by atoms with Gasteiger partial charge in [-0.25, -0.2) is 0 Å². The van der Waals surface area contributed by atoms with E-state index in [1.165, 1.54) is 78.0 Å². The molecule has 11 aromatic rings. The molecule has 0 bridgehead atoms. The third kappa shape index (κ3) is 6.17. The van der Waals surface area contributed by atoms with Gasteiger partial charge in [-0.2, -0.15) is 0 Å². The molecule has 0 unspecified atom stereocenters. The summed E-state index contributed by atoms with van der Waals surface area (Å²) in [6, 6.07) is 82.5. The standard InChI is InChI=1S/C66H49NO/c1-65(2)58-24-13-11-20-52(58)55-40-60-56(41-59(55)65)57-38-48(46-26-28-47(29-27-46)51-22-15-23-54-53-21-12-14-25-62(53)68-64(51)54)39-61(63(57)66(60,3)4)67(49-34-30-44(31-35-49)42-16-7-5-8-17-42)50-36-32-45(33-37-50)43-18-9-6-10-19-43/h5-41H,1-4H3. The van der Waals surface area contributed by atoms with Gasteiger partial charge in [0.1, 0.15) is 11.2 Å². The molecule has 2 nitrogen and oxygen atoms in total. The number of hydrogen-bond acceptors (Lipinski definition) is 2. The Morgan fingerprint density at radius 2 is 0.809 bits per heavy atom. The van der Waals surface area contributed by atoms with Crippen LogP contribution in [0.25, 0.3) is 88.7 Å². The molecule has 0 fully saturated rings. The molecule has 2 aliphatic carbocycles. The molecular weight excluding hydrogens is 823 g/mol. The van der Waals surface area contributed by atoms with Crippen LogP contribution >= 0.6 is 0 Å². The Balaban J connectivity index is 1.03. The molecule has 1 heterocycles. The minimum atomic E-state index is -0.323. The maximum Gasteiger partial charge on any atom is 0.143 e. The van der Waals surface area contributed by atoms with Gasteiger partial charge in [-0.05, 0) is 138 Å². The number of benzene rings is 10. The lowest BCUT2D eigenvalue weighted by molar-refractivity contribution is 0.652. The zero-order chi connectivity index (χ0) is 45.7. The van der Waals surface area contributed by atoms with Crippen LogP contribution in [0.15, 0.2) is 229 Å². The number of furan rings is 1. The van der Waals surface area contributed by atoms with Crippen molar-refractivity contribution in [3.05, 3.63) is 247 Å². The number of fused-ring (bicyclic) bond motifs is 9. The molecule has 2 aliphatic rings.